The molecular weight excluding hydrogens is 210 g/mol. The largest absolute Gasteiger partial charge is 0.385 e. The maximum Gasteiger partial charge on any atom is 0.191 e. The highest BCUT2D eigenvalue weighted by Gasteiger charge is 2.04. The van der Waals surface area contributed by atoms with Gasteiger partial charge in [-0.2, -0.15) is 0 Å². The highest BCUT2D eigenvalue weighted by molar-refractivity contribution is 7.99. The molecule has 5 heteroatoms. The monoisotopic (exact) mass is 227 g/mol. The summed E-state index contributed by atoms with van der Waals surface area (Å²) in [5.41, 5.74) is 1.14. The molecule has 0 aliphatic heterocycles. The van der Waals surface area contributed by atoms with E-state index in [-0.39, 0.29) is 0 Å². The highest BCUT2D eigenvalue weighted by atomic mass is 32.2. The van der Waals surface area contributed by atoms with Crippen molar-refractivity contribution in [2.45, 2.75) is 25.0 Å². The zero-order chi connectivity index (χ0) is 11.1. The summed E-state index contributed by atoms with van der Waals surface area (Å²) >= 11 is 1.67. The standard InChI is InChI=1S/C10H17N3OS/c1-9(2)7-15-10-12-11-8-13(10)5-4-6-14-3/h8H,1,4-7H2,2-3H3. The van der Waals surface area contributed by atoms with Crippen molar-refractivity contribution in [1.82, 2.24) is 14.8 Å². The first kappa shape index (κ1) is 12.3. The van der Waals surface area contributed by atoms with Crippen LogP contribution in [0.3, 0.4) is 0 Å². The maximum absolute atomic E-state index is 5.00. The molecule has 0 spiro atoms. The Morgan fingerprint density at radius 2 is 2.47 bits per heavy atom. The van der Waals surface area contributed by atoms with Crippen LogP contribution in [-0.2, 0) is 11.3 Å². The number of nitrogens with zero attached hydrogens (tertiary/aromatic N) is 3. The van der Waals surface area contributed by atoms with Crippen LogP contribution in [0.2, 0.25) is 0 Å². The third-order valence-electron chi connectivity index (χ3n) is 1.78. The maximum atomic E-state index is 5.00. The van der Waals surface area contributed by atoms with Crippen molar-refractivity contribution >= 4 is 11.8 Å². The molecule has 0 aliphatic rings. The number of methoxy groups -OCH3 is 1. The Morgan fingerprint density at radius 1 is 1.67 bits per heavy atom. The minimum absolute atomic E-state index is 0.767. The van der Waals surface area contributed by atoms with Gasteiger partial charge >= 0.3 is 0 Å². The lowest BCUT2D eigenvalue weighted by Crippen LogP contribution is -2.02. The summed E-state index contributed by atoms with van der Waals surface area (Å²) in [7, 11) is 1.71. The summed E-state index contributed by atoms with van der Waals surface area (Å²) in [6, 6.07) is 0. The van der Waals surface area contributed by atoms with Crippen molar-refractivity contribution in [2.24, 2.45) is 0 Å². The first-order valence-corrected chi connectivity index (χ1v) is 5.86. The molecule has 1 aromatic heterocycles. The molecule has 0 saturated heterocycles. The van der Waals surface area contributed by atoms with E-state index in [9.17, 15) is 0 Å². The molecule has 1 rings (SSSR count). The number of hydrogen-bond donors (Lipinski definition) is 0. The van der Waals surface area contributed by atoms with Gasteiger partial charge in [-0.25, -0.2) is 0 Å². The van der Waals surface area contributed by atoms with Crippen LogP contribution in [0.15, 0.2) is 23.6 Å². The number of hydrogen-bond acceptors (Lipinski definition) is 4. The van der Waals surface area contributed by atoms with Gasteiger partial charge in [0.25, 0.3) is 0 Å². The predicted molar refractivity (Wildman–Crippen MR) is 62.1 cm³/mol. The van der Waals surface area contributed by atoms with Gasteiger partial charge in [-0.3, -0.25) is 0 Å². The summed E-state index contributed by atoms with van der Waals surface area (Å²) in [6.45, 7) is 7.54. The second-order valence-corrected chi connectivity index (χ2v) is 4.34. The lowest BCUT2D eigenvalue weighted by atomic mass is 10.4. The van der Waals surface area contributed by atoms with Gasteiger partial charge in [0.2, 0.25) is 0 Å². The molecule has 0 aliphatic carbocycles. The molecule has 0 fully saturated rings. The summed E-state index contributed by atoms with van der Waals surface area (Å²) in [5.74, 6) is 0.892. The second-order valence-electron chi connectivity index (χ2n) is 3.40. The normalized spacial score (nSPS) is 10.5. The number of aromatic nitrogens is 3. The van der Waals surface area contributed by atoms with Crippen molar-refractivity contribution in [3.05, 3.63) is 18.5 Å². The van der Waals surface area contributed by atoms with Crippen molar-refractivity contribution in [3.63, 3.8) is 0 Å². The third-order valence-corrected chi connectivity index (χ3v) is 2.99. The second kappa shape index (κ2) is 6.63. The number of ether oxygens (including phenoxy) is 1. The van der Waals surface area contributed by atoms with Crippen LogP contribution in [0.4, 0.5) is 0 Å². The Hall–Kier alpha value is -0.810. The van der Waals surface area contributed by atoms with Crippen LogP contribution in [0.25, 0.3) is 0 Å². The topological polar surface area (TPSA) is 39.9 Å². The fourth-order valence-electron chi connectivity index (χ4n) is 1.08. The van der Waals surface area contributed by atoms with Gasteiger partial charge in [-0.05, 0) is 13.3 Å². The van der Waals surface area contributed by atoms with E-state index in [0.29, 0.717) is 0 Å². The van der Waals surface area contributed by atoms with Gasteiger partial charge in [-0.15, -0.1) is 10.2 Å². The van der Waals surface area contributed by atoms with Crippen molar-refractivity contribution in [2.75, 3.05) is 19.5 Å². The first-order chi connectivity index (χ1) is 7.24. The van der Waals surface area contributed by atoms with Crippen LogP contribution >= 0.6 is 11.8 Å². The van der Waals surface area contributed by atoms with Gasteiger partial charge < -0.3 is 9.30 Å². The fraction of sp³-hybridized carbons (Fsp3) is 0.600. The molecule has 1 aromatic rings. The highest BCUT2D eigenvalue weighted by Crippen LogP contribution is 2.17. The molecule has 4 nitrogen and oxygen atoms in total. The average Bonchev–Trinajstić information content (AvgIpc) is 2.63. The molecule has 84 valence electrons. The van der Waals surface area contributed by atoms with Crippen molar-refractivity contribution in [1.29, 1.82) is 0 Å². The van der Waals surface area contributed by atoms with Crippen molar-refractivity contribution in [3.8, 4) is 0 Å². The zero-order valence-electron chi connectivity index (χ0n) is 9.27. The van der Waals surface area contributed by atoms with E-state index in [1.807, 2.05) is 11.5 Å². The molecule has 0 aromatic carbocycles. The van der Waals surface area contributed by atoms with E-state index in [4.69, 9.17) is 4.74 Å². The molecule has 0 atom stereocenters. The Bertz CT molecular complexity index is 311. The number of thioether (sulfide) groups is 1. The van der Waals surface area contributed by atoms with Crippen LogP contribution in [0.5, 0.6) is 0 Å². The average molecular weight is 227 g/mol. The van der Waals surface area contributed by atoms with Gasteiger partial charge in [0.15, 0.2) is 5.16 Å². The van der Waals surface area contributed by atoms with Gasteiger partial charge in [-0.1, -0.05) is 23.9 Å². The summed E-state index contributed by atoms with van der Waals surface area (Å²) in [5, 5.41) is 8.91. The molecule has 1 heterocycles. The SMILES string of the molecule is C=C(C)CSc1nncn1CCCOC. The Kier molecular flexibility index (Phi) is 5.42. The van der Waals surface area contributed by atoms with E-state index >= 15 is 0 Å². The van der Waals surface area contributed by atoms with Gasteiger partial charge in [0.1, 0.15) is 6.33 Å². The number of rotatable bonds is 7. The molecule has 0 bridgehead atoms. The molecule has 0 saturated carbocycles. The number of aryl methyl sites for hydroxylation is 1. The van der Waals surface area contributed by atoms with E-state index in [0.717, 1.165) is 36.1 Å². The van der Waals surface area contributed by atoms with E-state index in [1.54, 1.807) is 25.2 Å². The summed E-state index contributed by atoms with van der Waals surface area (Å²) < 4.78 is 7.05. The lowest BCUT2D eigenvalue weighted by molar-refractivity contribution is 0.189. The summed E-state index contributed by atoms with van der Waals surface area (Å²) in [4.78, 5) is 0. The molecule has 0 amide bonds. The third kappa shape index (κ3) is 4.48. The van der Waals surface area contributed by atoms with Crippen LogP contribution in [-0.4, -0.2) is 34.2 Å². The quantitative estimate of drug-likeness (QED) is 0.406. The minimum Gasteiger partial charge on any atom is -0.385 e. The summed E-state index contributed by atoms with van der Waals surface area (Å²) in [6.07, 6.45) is 2.74. The van der Waals surface area contributed by atoms with Crippen molar-refractivity contribution < 1.29 is 4.74 Å². The Morgan fingerprint density at radius 3 is 3.13 bits per heavy atom. The first-order valence-electron chi connectivity index (χ1n) is 4.88. The van der Waals surface area contributed by atoms with Crippen LogP contribution in [0, 0.1) is 0 Å². The van der Waals surface area contributed by atoms with Crippen LogP contribution in [0.1, 0.15) is 13.3 Å². The lowest BCUT2D eigenvalue weighted by Gasteiger charge is -2.05. The van der Waals surface area contributed by atoms with E-state index < -0.39 is 0 Å². The zero-order valence-corrected chi connectivity index (χ0v) is 10.1. The molecular formula is C10H17N3OS. The molecule has 15 heavy (non-hydrogen) atoms. The molecule has 0 N–H and O–H groups in total. The molecule has 0 unspecified atom stereocenters. The Balaban J connectivity index is 2.42. The fourth-order valence-corrected chi connectivity index (χ4v) is 1.86. The minimum atomic E-state index is 0.767. The Labute approximate surface area is 94.7 Å². The van der Waals surface area contributed by atoms with Gasteiger partial charge in [0, 0.05) is 26.0 Å². The van der Waals surface area contributed by atoms with E-state index in [2.05, 4.69) is 16.8 Å². The molecule has 0 radical (unpaired) electrons. The predicted octanol–water partition coefficient (Wildman–Crippen LogP) is 1.98. The smallest absolute Gasteiger partial charge is 0.191 e. The van der Waals surface area contributed by atoms with Gasteiger partial charge in [0.05, 0.1) is 0 Å². The van der Waals surface area contributed by atoms with Crippen LogP contribution < -0.4 is 0 Å². The van der Waals surface area contributed by atoms with E-state index in [1.165, 1.54) is 0 Å².